The zero-order valence-electron chi connectivity index (χ0n) is 11.2. The number of benzene rings is 2. The molecule has 104 valence electrons. The van der Waals surface area contributed by atoms with Gasteiger partial charge >= 0.3 is 0 Å². The maximum Gasteiger partial charge on any atom is 0.170 e. The molecular formula is C16H14F2O2. The highest BCUT2D eigenvalue weighted by Crippen LogP contribution is 2.22. The van der Waals surface area contributed by atoms with Crippen molar-refractivity contribution in [3.05, 3.63) is 64.7 Å². The second kappa shape index (κ2) is 5.82. The number of methoxy groups -OCH3 is 1. The monoisotopic (exact) mass is 276 g/mol. The zero-order chi connectivity index (χ0) is 14.7. The van der Waals surface area contributed by atoms with Crippen LogP contribution in [0.3, 0.4) is 0 Å². The minimum Gasteiger partial charge on any atom is -0.496 e. The summed E-state index contributed by atoms with van der Waals surface area (Å²) in [6.45, 7) is 1.89. The Morgan fingerprint density at radius 1 is 1.10 bits per heavy atom. The van der Waals surface area contributed by atoms with E-state index in [0.29, 0.717) is 16.9 Å². The fourth-order valence-corrected chi connectivity index (χ4v) is 1.96. The van der Waals surface area contributed by atoms with Crippen molar-refractivity contribution in [3.63, 3.8) is 0 Å². The van der Waals surface area contributed by atoms with Gasteiger partial charge < -0.3 is 4.74 Å². The fraction of sp³-hybridized carbons (Fsp3) is 0.188. The van der Waals surface area contributed by atoms with Crippen molar-refractivity contribution in [2.24, 2.45) is 0 Å². The molecule has 0 saturated heterocycles. The number of Topliss-reactive ketones (excluding diaryl/α,β-unsaturated/α-hetero) is 1. The van der Waals surface area contributed by atoms with Gasteiger partial charge in [-0.15, -0.1) is 0 Å². The van der Waals surface area contributed by atoms with Gasteiger partial charge in [-0.25, -0.2) is 8.78 Å². The molecule has 0 saturated carbocycles. The summed E-state index contributed by atoms with van der Waals surface area (Å²) in [5, 5.41) is 0. The summed E-state index contributed by atoms with van der Waals surface area (Å²) >= 11 is 0. The van der Waals surface area contributed by atoms with Crippen molar-refractivity contribution in [1.82, 2.24) is 0 Å². The molecule has 4 heteroatoms. The molecule has 0 amide bonds. The molecular weight excluding hydrogens is 262 g/mol. The number of carbonyl (C=O) groups excluding carboxylic acids is 1. The Labute approximate surface area is 116 Å². The summed E-state index contributed by atoms with van der Waals surface area (Å²) in [5.74, 6) is -1.59. The standard InChI is InChI=1S/C16H14F2O2/c1-10-3-5-12(16(7-10)20-2)15(19)9-11-4-6-13(17)14(18)8-11/h3-8H,9H2,1-2H3. The molecule has 0 spiro atoms. The fourth-order valence-electron chi connectivity index (χ4n) is 1.96. The quantitative estimate of drug-likeness (QED) is 0.796. The number of ether oxygens (including phenoxy) is 1. The summed E-state index contributed by atoms with van der Waals surface area (Å²) in [6.07, 6.45) is -0.00335. The highest BCUT2D eigenvalue weighted by molar-refractivity contribution is 6.00. The van der Waals surface area contributed by atoms with Gasteiger partial charge in [0.05, 0.1) is 12.7 Å². The molecule has 0 radical (unpaired) electrons. The van der Waals surface area contributed by atoms with Gasteiger partial charge in [0.25, 0.3) is 0 Å². The van der Waals surface area contributed by atoms with Crippen LogP contribution in [0.5, 0.6) is 5.75 Å². The number of rotatable bonds is 4. The average Bonchev–Trinajstić information content (AvgIpc) is 2.42. The summed E-state index contributed by atoms with van der Waals surface area (Å²) in [7, 11) is 1.49. The van der Waals surface area contributed by atoms with Crippen molar-refractivity contribution in [1.29, 1.82) is 0 Å². The van der Waals surface area contributed by atoms with Crippen LogP contribution in [0, 0.1) is 18.6 Å². The van der Waals surface area contributed by atoms with E-state index in [1.807, 2.05) is 6.92 Å². The van der Waals surface area contributed by atoms with Crippen LogP contribution in [-0.2, 0) is 6.42 Å². The Morgan fingerprint density at radius 2 is 1.85 bits per heavy atom. The first-order chi connectivity index (χ1) is 9.51. The van der Waals surface area contributed by atoms with Gasteiger partial charge in [-0.2, -0.15) is 0 Å². The van der Waals surface area contributed by atoms with Crippen LogP contribution in [0.1, 0.15) is 21.5 Å². The van der Waals surface area contributed by atoms with Crippen molar-refractivity contribution < 1.29 is 18.3 Å². The van der Waals surface area contributed by atoms with E-state index < -0.39 is 11.6 Å². The van der Waals surface area contributed by atoms with Gasteiger partial charge in [0.2, 0.25) is 0 Å². The molecule has 2 aromatic rings. The minimum atomic E-state index is -0.953. The third-order valence-electron chi connectivity index (χ3n) is 3.01. The Morgan fingerprint density at radius 3 is 2.50 bits per heavy atom. The maximum atomic E-state index is 13.1. The molecule has 2 aromatic carbocycles. The van der Waals surface area contributed by atoms with Crippen LogP contribution in [0.25, 0.3) is 0 Å². The lowest BCUT2D eigenvalue weighted by atomic mass is 10.0. The van der Waals surface area contributed by atoms with Gasteiger partial charge in [-0.3, -0.25) is 4.79 Å². The molecule has 0 N–H and O–H groups in total. The number of hydrogen-bond donors (Lipinski definition) is 0. The summed E-state index contributed by atoms with van der Waals surface area (Å²) < 4.78 is 31.1. The maximum absolute atomic E-state index is 13.1. The van der Waals surface area contributed by atoms with Gasteiger partial charge in [-0.1, -0.05) is 12.1 Å². The Bertz CT molecular complexity index is 651. The van der Waals surface area contributed by atoms with Crippen molar-refractivity contribution in [3.8, 4) is 5.75 Å². The molecule has 0 aromatic heterocycles. The van der Waals surface area contributed by atoms with Crippen LogP contribution >= 0.6 is 0 Å². The number of hydrogen-bond acceptors (Lipinski definition) is 2. The van der Waals surface area contributed by atoms with Crippen molar-refractivity contribution >= 4 is 5.78 Å². The molecule has 0 aliphatic heterocycles. The summed E-state index contributed by atoms with van der Waals surface area (Å²) in [4.78, 5) is 12.2. The molecule has 2 nitrogen and oxygen atoms in total. The molecule has 0 unspecified atom stereocenters. The number of ketones is 1. The van der Waals surface area contributed by atoms with E-state index >= 15 is 0 Å². The topological polar surface area (TPSA) is 26.3 Å². The molecule has 0 bridgehead atoms. The third-order valence-corrected chi connectivity index (χ3v) is 3.01. The SMILES string of the molecule is COc1cc(C)ccc1C(=O)Cc1ccc(F)c(F)c1. The Hall–Kier alpha value is -2.23. The normalized spacial score (nSPS) is 10.4. The molecule has 0 fully saturated rings. The molecule has 0 heterocycles. The van der Waals surface area contributed by atoms with E-state index in [1.165, 1.54) is 13.2 Å². The third kappa shape index (κ3) is 3.02. The Kier molecular flexibility index (Phi) is 4.13. The number of halogens is 2. The summed E-state index contributed by atoms with van der Waals surface area (Å²) in [5.41, 5.74) is 1.84. The molecule has 0 aliphatic carbocycles. The lowest BCUT2D eigenvalue weighted by molar-refractivity contribution is 0.0990. The smallest absolute Gasteiger partial charge is 0.170 e. The van der Waals surface area contributed by atoms with Crippen LogP contribution in [0.2, 0.25) is 0 Å². The van der Waals surface area contributed by atoms with Crippen LogP contribution in [0.4, 0.5) is 8.78 Å². The van der Waals surface area contributed by atoms with Crippen LogP contribution in [0.15, 0.2) is 36.4 Å². The summed E-state index contributed by atoms with van der Waals surface area (Å²) in [6, 6.07) is 8.70. The van der Waals surface area contributed by atoms with E-state index in [1.54, 1.807) is 18.2 Å². The van der Waals surface area contributed by atoms with E-state index in [-0.39, 0.29) is 12.2 Å². The van der Waals surface area contributed by atoms with E-state index in [9.17, 15) is 13.6 Å². The Balaban J connectivity index is 2.25. The molecule has 0 atom stereocenters. The van der Waals surface area contributed by atoms with Crippen molar-refractivity contribution in [2.45, 2.75) is 13.3 Å². The van der Waals surface area contributed by atoms with E-state index in [2.05, 4.69) is 0 Å². The van der Waals surface area contributed by atoms with E-state index in [0.717, 1.165) is 17.7 Å². The minimum absolute atomic E-state index is 0.00335. The van der Waals surface area contributed by atoms with Gasteiger partial charge in [0.15, 0.2) is 17.4 Å². The number of carbonyl (C=O) groups is 1. The average molecular weight is 276 g/mol. The lowest BCUT2D eigenvalue weighted by Crippen LogP contribution is -2.06. The first-order valence-corrected chi connectivity index (χ1v) is 6.13. The van der Waals surface area contributed by atoms with Gasteiger partial charge in [-0.05, 0) is 42.3 Å². The highest BCUT2D eigenvalue weighted by atomic mass is 19.2. The highest BCUT2D eigenvalue weighted by Gasteiger charge is 2.14. The lowest BCUT2D eigenvalue weighted by Gasteiger charge is -2.09. The second-order valence-electron chi connectivity index (χ2n) is 4.55. The molecule has 2 rings (SSSR count). The first-order valence-electron chi connectivity index (χ1n) is 6.13. The van der Waals surface area contributed by atoms with Crippen LogP contribution in [-0.4, -0.2) is 12.9 Å². The van der Waals surface area contributed by atoms with Gasteiger partial charge in [0, 0.05) is 6.42 Å². The van der Waals surface area contributed by atoms with Crippen molar-refractivity contribution in [2.75, 3.05) is 7.11 Å². The number of aryl methyl sites for hydroxylation is 1. The second-order valence-corrected chi connectivity index (χ2v) is 4.55. The predicted octanol–water partition coefficient (Wildman–Crippen LogP) is 3.71. The van der Waals surface area contributed by atoms with Gasteiger partial charge in [0.1, 0.15) is 5.75 Å². The van der Waals surface area contributed by atoms with Crippen LogP contribution < -0.4 is 4.74 Å². The molecule has 0 aliphatic rings. The predicted molar refractivity (Wildman–Crippen MR) is 72.1 cm³/mol. The largest absolute Gasteiger partial charge is 0.496 e. The zero-order valence-corrected chi connectivity index (χ0v) is 11.2. The first kappa shape index (κ1) is 14.2. The molecule has 20 heavy (non-hydrogen) atoms. The van der Waals surface area contributed by atoms with E-state index in [4.69, 9.17) is 4.74 Å².